The van der Waals surface area contributed by atoms with Crippen molar-refractivity contribution in [3.8, 4) is 5.75 Å². The molecule has 5 nitrogen and oxygen atoms in total. The van der Waals surface area contributed by atoms with Gasteiger partial charge in [0.2, 0.25) is 10.0 Å². The molecule has 0 unspecified atom stereocenters. The average Bonchev–Trinajstić information content (AvgIpc) is 2.47. The van der Waals surface area contributed by atoms with Gasteiger partial charge in [0.05, 0.1) is 4.90 Å². The summed E-state index contributed by atoms with van der Waals surface area (Å²) in [7, 11) is -3.65. The van der Waals surface area contributed by atoms with Gasteiger partial charge in [-0.05, 0) is 29.8 Å². The second-order valence-electron chi connectivity index (χ2n) is 4.53. The van der Waals surface area contributed by atoms with Crippen molar-refractivity contribution >= 4 is 10.0 Å². The topological polar surface area (TPSA) is 81.4 Å². The van der Waals surface area contributed by atoms with Gasteiger partial charge in [-0.25, -0.2) is 13.6 Å². The summed E-state index contributed by atoms with van der Waals surface area (Å²) >= 11 is 0. The zero-order valence-corrected chi connectivity index (χ0v) is 12.3. The Labute approximate surface area is 124 Å². The Balaban J connectivity index is 1.71. The van der Waals surface area contributed by atoms with Crippen molar-refractivity contribution in [2.45, 2.75) is 11.4 Å². The van der Waals surface area contributed by atoms with E-state index in [1.807, 2.05) is 18.2 Å². The number of hydrogen-bond donors (Lipinski definition) is 2. The van der Waals surface area contributed by atoms with Gasteiger partial charge in [0, 0.05) is 13.1 Å². The fourth-order valence-electron chi connectivity index (χ4n) is 1.80. The van der Waals surface area contributed by atoms with Crippen LogP contribution in [0.15, 0.2) is 59.5 Å². The normalized spacial score (nSPS) is 11.3. The summed E-state index contributed by atoms with van der Waals surface area (Å²) in [4.78, 5) is 0.0806. The zero-order valence-electron chi connectivity index (χ0n) is 11.5. The Morgan fingerprint density at radius 3 is 2.29 bits per heavy atom. The Bertz CT molecular complexity index is 655. The predicted octanol–water partition coefficient (Wildman–Crippen LogP) is 1.50. The number of sulfonamides is 1. The molecule has 0 saturated carbocycles. The van der Waals surface area contributed by atoms with Crippen molar-refractivity contribution in [1.82, 2.24) is 5.32 Å². The second-order valence-corrected chi connectivity index (χ2v) is 6.09. The molecule has 3 N–H and O–H groups in total. The molecule has 0 heterocycles. The van der Waals surface area contributed by atoms with E-state index < -0.39 is 10.0 Å². The molecule has 0 aromatic heterocycles. The highest BCUT2D eigenvalue weighted by Gasteiger charge is 2.06. The molecule has 0 amide bonds. The third kappa shape index (κ3) is 5.18. The minimum absolute atomic E-state index is 0.0806. The van der Waals surface area contributed by atoms with Crippen molar-refractivity contribution in [2.24, 2.45) is 5.14 Å². The summed E-state index contributed by atoms with van der Waals surface area (Å²) < 4.78 is 27.7. The first-order valence-electron chi connectivity index (χ1n) is 6.56. The van der Waals surface area contributed by atoms with Gasteiger partial charge >= 0.3 is 0 Å². The molecule has 6 heteroatoms. The van der Waals surface area contributed by atoms with E-state index in [4.69, 9.17) is 9.88 Å². The number of hydrogen-bond acceptors (Lipinski definition) is 4. The molecule has 0 bridgehead atoms. The average molecular weight is 306 g/mol. The second kappa shape index (κ2) is 7.21. The quantitative estimate of drug-likeness (QED) is 0.760. The first-order chi connectivity index (χ1) is 10.1. The van der Waals surface area contributed by atoms with E-state index in [1.54, 1.807) is 12.1 Å². The smallest absolute Gasteiger partial charge is 0.238 e. The fraction of sp³-hybridized carbons (Fsp3) is 0.200. The third-order valence-electron chi connectivity index (χ3n) is 2.87. The molecule has 2 aromatic carbocycles. The number of nitrogens with two attached hydrogens (primary N) is 1. The van der Waals surface area contributed by atoms with Crippen LogP contribution in [0.3, 0.4) is 0 Å². The zero-order chi connectivity index (χ0) is 15.1. The lowest BCUT2D eigenvalue weighted by Crippen LogP contribution is -2.20. The van der Waals surface area contributed by atoms with Crippen molar-refractivity contribution in [2.75, 3.05) is 13.2 Å². The highest BCUT2D eigenvalue weighted by molar-refractivity contribution is 7.89. The summed E-state index contributed by atoms with van der Waals surface area (Å²) in [5, 5.41) is 8.29. The van der Waals surface area contributed by atoms with E-state index in [2.05, 4.69) is 17.4 Å². The largest absolute Gasteiger partial charge is 0.492 e. The van der Waals surface area contributed by atoms with Gasteiger partial charge in [0.15, 0.2) is 0 Å². The van der Waals surface area contributed by atoms with E-state index in [9.17, 15) is 8.42 Å². The highest BCUT2D eigenvalue weighted by Crippen LogP contribution is 2.14. The van der Waals surface area contributed by atoms with Gasteiger partial charge in [-0.1, -0.05) is 30.3 Å². The van der Waals surface area contributed by atoms with Crippen molar-refractivity contribution in [1.29, 1.82) is 0 Å². The lowest BCUT2D eigenvalue weighted by atomic mass is 10.2. The Morgan fingerprint density at radius 2 is 1.67 bits per heavy atom. The van der Waals surface area contributed by atoms with Gasteiger partial charge in [0.1, 0.15) is 12.4 Å². The van der Waals surface area contributed by atoms with Crippen LogP contribution >= 0.6 is 0 Å². The summed E-state index contributed by atoms with van der Waals surface area (Å²) in [5.41, 5.74) is 1.22. The summed E-state index contributed by atoms with van der Waals surface area (Å²) in [5.74, 6) is 0.615. The molecule has 0 aliphatic heterocycles. The van der Waals surface area contributed by atoms with Crippen molar-refractivity contribution in [3.63, 3.8) is 0 Å². The van der Waals surface area contributed by atoms with Crippen LogP contribution in [0.25, 0.3) is 0 Å². The van der Waals surface area contributed by atoms with E-state index in [1.165, 1.54) is 17.7 Å². The minimum atomic E-state index is -3.65. The summed E-state index contributed by atoms with van der Waals surface area (Å²) in [6, 6.07) is 16.1. The first kappa shape index (κ1) is 15.5. The number of benzene rings is 2. The van der Waals surface area contributed by atoms with Crippen LogP contribution in [0, 0.1) is 0 Å². The Kier molecular flexibility index (Phi) is 5.32. The van der Waals surface area contributed by atoms with Crippen LogP contribution in [0.1, 0.15) is 5.56 Å². The van der Waals surface area contributed by atoms with Crippen molar-refractivity contribution in [3.05, 3.63) is 60.2 Å². The number of rotatable bonds is 7. The van der Waals surface area contributed by atoms with E-state index in [-0.39, 0.29) is 4.90 Å². The van der Waals surface area contributed by atoms with Crippen LogP contribution in [0.5, 0.6) is 5.75 Å². The first-order valence-corrected chi connectivity index (χ1v) is 8.10. The fourth-order valence-corrected chi connectivity index (χ4v) is 2.31. The Morgan fingerprint density at radius 1 is 1.00 bits per heavy atom. The standard InChI is InChI=1S/C15H18N2O3S/c16-21(18,19)15-8-6-14(7-9-15)20-11-10-17-12-13-4-2-1-3-5-13/h1-9,17H,10-12H2,(H2,16,18,19). The number of primary sulfonamides is 1. The molecule has 112 valence electrons. The van der Waals surface area contributed by atoms with Gasteiger partial charge in [0.25, 0.3) is 0 Å². The summed E-state index contributed by atoms with van der Waals surface area (Å²) in [6.07, 6.45) is 0. The molecule has 0 aliphatic rings. The molecule has 0 atom stereocenters. The number of nitrogens with one attached hydrogen (secondary N) is 1. The van der Waals surface area contributed by atoms with Gasteiger partial charge in [-0.15, -0.1) is 0 Å². The Hall–Kier alpha value is -1.89. The van der Waals surface area contributed by atoms with Crippen LogP contribution in [0.4, 0.5) is 0 Å². The monoisotopic (exact) mass is 306 g/mol. The van der Waals surface area contributed by atoms with E-state index in [0.717, 1.165) is 6.54 Å². The maximum atomic E-state index is 11.1. The molecule has 0 saturated heterocycles. The molecule has 0 fully saturated rings. The van der Waals surface area contributed by atoms with Crippen LogP contribution in [-0.4, -0.2) is 21.6 Å². The van der Waals surface area contributed by atoms with Gasteiger partial charge in [-0.3, -0.25) is 0 Å². The maximum absolute atomic E-state index is 11.1. The minimum Gasteiger partial charge on any atom is -0.492 e. The van der Waals surface area contributed by atoms with Crippen LogP contribution < -0.4 is 15.2 Å². The molecule has 2 aromatic rings. The predicted molar refractivity (Wildman–Crippen MR) is 81.5 cm³/mol. The molecular weight excluding hydrogens is 288 g/mol. The maximum Gasteiger partial charge on any atom is 0.238 e. The van der Waals surface area contributed by atoms with E-state index in [0.29, 0.717) is 18.9 Å². The lowest BCUT2D eigenvalue weighted by molar-refractivity contribution is 0.313. The SMILES string of the molecule is NS(=O)(=O)c1ccc(OCCNCc2ccccc2)cc1. The molecule has 2 rings (SSSR count). The van der Waals surface area contributed by atoms with Gasteiger partial charge in [-0.2, -0.15) is 0 Å². The molecule has 0 aliphatic carbocycles. The van der Waals surface area contributed by atoms with Crippen molar-refractivity contribution < 1.29 is 13.2 Å². The molecular formula is C15H18N2O3S. The van der Waals surface area contributed by atoms with Crippen LogP contribution in [0.2, 0.25) is 0 Å². The third-order valence-corrected chi connectivity index (χ3v) is 3.80. The molecule has 0 spiro atoms. The summed E-state index contributed by atoms with van der Waals surface area (Å²) in [6.45, 7) is 1.99. The molecule has 21 heavy (non-hydrogen) atoms. The van der Waals surface area contributed by atoms with E-state index >= 15 is 0 Å². The highest BCUT2D eigenvalue weighted by atomic mass is 32.2. The van der Waals surface area contributed by atoms with Crippen LogP contribution in [-0.2, 0) is 16.6 Å². The number of ether oxygens (including phenoxy) is 1. The molecule has 0 radical (unpaired) electrons. The lowest BCUT2D eigenvalue weighted by Gasteiger charge is -2.08. The van der Waals surface area contributed by atoms with Gasteiger partial charge < -0.3 is 10.1 Å².